The molecule has 1 atom stereocenters. The highest BCUT2D eigenvalue weighted by Crippen LogP contribution is 2.35. The van der Waals surface area contributed by atoms with Gasteiger partial charge in [0, 0.05) is 30.9 Å². The lowest BCUT2D eigenvalue weighted by Crippen LogP contribution is -2.38. The molecule has 3 N–H and O–H groups in total. The van der Waals surface area contributed by atoms with Crippen LogP contribution in [0.2, 0.25) is 0 Å². The van der Waals surface area contributed by atoms with Gasteiger partial charge < -0.3 is 19.9 Å². The van der Waals surface area contributed by atoms with E-state index in [1.165, 1.54) is 6.07 Å². The minimum Gasteiger partial charge on any atom is -0.454 e. The number of carbonyl (C=O) groups excluding carboxylic acids is 1. The third kappa shape index (κ3) is 4.29. The summed E-state index contributed by atoms with van der Waals surface area (Å²) >= 11 is 0. The van der Waals surface area contributed by atoms with E-state index >= 15 is 0 Å². The lowest BCUT2D eigenvalue weighted by atomic mass is 9.90. The zero-order valence-corrected chi connectivity index (χ0v) is 19.6. The van der Waals surface area contributed by atoms with E-state index in [1.54, 1.807) is 54.3 Å². The summed E-state index contributed by atoms with van der Waals surface area (Å²) in [7, 11) is 0. The van der Waals surface area contributed by atoms with Crippen LogP contribution >= 0.6 is 0 Å². The van der Waals surface area contributed by atoms with Crippen molar-refractivity contribution in [1.29, 1.82) is 0 Å². The van der Waals surface area contributed by atoms with E-state index in [0.29, 0.717) is 29.7 Å². The molecule has 1 aliphatic heterocycles. The largest absolute Gasteiger partial charge is 0.454 e. The fraction of sp³-hybridized carbons (Fsp3) is 0.222. The maximum absolute atomic E-state index is 14.0. The van der Waals surface area contributed by atoms with E-state index in [9.17, 15) is 14.0 Å². The normalized spacial score (nSPS) is 15.4. The van der Waals surface area contributed by atoms with Crippen LogP contribution in [0.4, 0.5) is 10.2 Å². The number of aromatic amines is 1. The number of halogens is 1. The minimum absolute atomic E-state index is 0.0586. The Kier molecular flexibility index (Phi) is 6.17. The number of hydrogen-bond donors (Lipinski definition) is 2. The average Bonchev–Trinajstić information content (AvgIpc) is 3.30. The number of carbonyl (C=O) groups is 1. The molecule has 0 spiro atoms. The van der Waals surface area contributed by atoms with E-state index in [1.807, 2.05) is 10.8 Å². The third-order valence-corrected chi connectivity index (χ3v) is 6.34. The number of nitrogen functional groups attached to an aromatic ring is 1. The molecule has 1 saturated heterocycles. The van der Waals surface area contributed by atoms with Crippen LogP contribution in [0.15, 0.2) is 59.5 Å². The van der Waals surface area contributed by atoms with Crippen molar-refractivity contribution in [1.82, 2.24) is 19.7 Å². The standard InChI is InChI=1S/C27H24FN5O3/c1-2-6-23(34)32-14-5-7-17(15-32)20-16-33(25-24(20)27(35)31-30-26(25)29)18-10-12-19(13-11-18)36-22-9-4-3-8-21(22)28/h3-4,8-13,16-17H,5,7,14-15H2,1H3,(H2,29,30)(H,31,35)/t17-/m0/s1. The number of anilines is 1. The van der Waals surface area contributed by atoms with E-state index in [2.05, 4.69) is 22.0 Å². The molecule has 0 bridgehead atoms. The molecule has 1 fully saturated rings. The van der Waals surface area contributed by atoms with Crippen molar-refractivity contribution >= 4 is 22.6 Å². The second kappa shape index (κ2) is 9.58. The van der Waals surface area contributed by atoms with Crippen molar-refractivity contribution in [2.75, 3.05) is 18.8 Å². The van der Waals surface area contributed by atoms with E-state index in [-0.39, 0.29) is 29.0 Å². The fourth-order valence-electron chi connectivity index (χ4n) is 4.68. The number of para-hydroxylation sites is 1. The number of hydrogen-bond acceptors (Lipinski definition) is 5. The summed E-state index contributed by atoms with van der Waals surface area (Å²) < 4.78 is 21.4. The Morgan fingerprint density at radius 1 is 1.22 bits per heavy atom. The number of aromatic nitrogens is 3. The first-order chi connectivity index (χ1) is 17.5. The Bertz CT molecular complexity index is 1560. The van der Waals surface area contributed by atoms with Crippen LogP contribution in [0.5, 0.6) is 11.5 Å². The second-order valence-corrected chi connectivity index (χ2v) is 8.61. The first-order valence-electron chi connectivity index (χ1n) is 11.6. The van der Waals surface area contributed by atoms with Gasteiger partial charge >= 0.3 is 0 Å². The lowest BCUT2D eigenvalue weighted by molar-refractivity contribution is -0.126. The molecule has 182 valence electrons. The summed E-state index contributed by atoms with van der Waals surface area (Å²) in [5.41, 5.74) is 7.90. The highest BCUT2D eigenvalue weighted by molar-refractivity contribution is 5.94. The minimum atomic E-state index is -0.453. The number of amides is 1. The van der Waals surface area contributed by atoms with Crippen LogP contribution in [0.3, 0.4) is 0 Å². The third-order valence-electron chi connectivity index (χ3n) is 6.34. The summed E-state index contributed by atoms with van der Waals surface area (Å²) in [5, 5.41) is 6.91. The van der Waals surface area contributed by atoms with Crippen LogP contribution in [-0.4, -0.2) is 38.7 Å². The monoisotopic (exact) mass is 485 g/mol. The maximum atomic E-state index is 14.0. The van der Waals surface area contributed by atoms with E-state index in [4.69, 9.17) is 10.5 Å². The summed E-state index contributed by atoms with van der Waals surface area (Å²) in [6, 6.07) is 13.2. The number of ether oxygens (including phenoxy) is 1. The predicted octanol–water partition coefficient (Wildman–Crippen LogP) is 3.96. The van der Waals surface area contributed by atoms with Gasteiger partial charge in [0.15, 0.2) is 17.4 Å². The van der Waals surface area contributed by atoms with Crippen LogP contribution in [0.25, 0.3) is 16.6 Å². The molecule has 3 heterocycles. The van der Waals surface area contributed by atoms with Gasteiger partial charge in [-0.1, -0.05) is 18.1 Å². The van der Waals surface area contributed by atoms with Gasteiger partial charge in [-0.2, -0.15) is 5.10 Å². The summed E-state index contributed by atoms with van der Waals surface area (Å²) in [4.78, 5) is 27.0. The second-order valence-electron chi connectivity index (χ2n) is 8.61. The lowest BCUT2D eigenvalue weighted by Gasteiger charge is -2.31. The van der Waals surface area contributed by atoms with Crippen molar-refractivity contribution in [3.63, 3.8) is 0 Å². The molecule has 36 heavy (non-hydrogen) atoms. The molecule has 0 aliphatic carbocycles. The highest BCUT2D eigenvalue weighted by Gasteiger charge is 2.28. The molecule has 4 aromatic rings. The van der Waals surface area contributed by atoms with Crippen molar-refractivity contribution in [2.24, 2.45) is 0 Å². The van der Waals surface area contributed by atoms with E-state index in [0.717, 1.165) is 24.1 Å². The van der Waals surface area contributed by atoms with Crippen molar-refractivity contribution in [2.45, 2.75) is 25.7 Å². The fourth-order valence-corrected chi connectivity index (χ4v) is 4.68. The number of fused-ring (bicyclic) bond motifs is 1. The number of H-pyrrole nitrogens is 1. The molecule has 1 amide bonds. The summed E-state index contributed by atoms with van der Waals surface area (Å²) in [6.07, 6.45) is 3.50. The molecule has 0 radical (unpaired) electrons. The smallest absolute Gasteiger partial charge is 0.298 e. The number of likely N-dealkylation sites (tertiary alicyclic amines) is 1. The Hall–Kier alpha value is -4.58. The SMILES string of the molecule is CC#CC(=O)N1CCC[C@H](c2cn(-c3ccc(Oc4ccccc4F)cc3)c3c(N)n[nH]c(=O)c23)C1. The van der Waals surface area contributed by atoms with Gasteiger partial charge in [-0.25, -0.2) is 9.49 Å². The molecule has 2 aromatic carbocycles. The number of nitrogens with zero attached hydrogens (tertiary/aromatic N) is 3. The van der Waals surface area contributed by atoms with Gasteiger partial charge in [0.05, 0.1) is 5.39 Å². The quantitative estimate of drug-likeness (QED) is 0.426. The molecular formula is C27H24FN5O3. The van der Waals surface area contributed by atoms with Crippen LogP contribution in [-0.2, 0) is 4.79 Å². The van der Waals surface area contributed by atoms with E-state index < -0.39 is 5.82 Å². The molecule has 8 nitrogen and oxygen atoms in total. The van der Waals surface area contributed by atoms with Gasteiger partial charge in [0.1, 0.15) is 11.3 Å². The number of benzene rings is 2. The van der Waals surface area contributed by atoms with Gasteiger partial charge in [-0.3, -0.25) is 9.59 Å². The summed E-state index contributed by atoms with van der Waals surface area (Å²) in [5.74, 6) is 5.30. The topological polar surface area (TPSA) is 106 Å². The molecule has 9 heteroatoms. The first kappa shape index (κ1) is 23.2. The van der Waals surface area contributed by atoms with Crippen molar-refractivity contribution < 1.29 is 13.9 Å². The number of nitrogens with one attached hydrogen (secondary N) is 1. The molecule has 1 aliphatic rings. The number of rotatable bonds is 4. The molecular weight excluding hydrogens is 461 g/mol. The molecule has 5 rings (SSSR count). The predicted molar refractivity (Wildman–Crippen MR) is 135 cm³/mol. The summed E-state index contributed by atoms with van der Waals surface area (Å²) in [6.45, 7) is 2.73. The first-order valence-corrected chi connectivity index (χ1v) is 11.6. The van der Waals surface area contributed by atoms with Gasteiger partial charge in [0.2, 0.25) is 0 Å². The Labute approximate surface area is 206 Å². The van der Waals surface area contributed by atoms with Crippen molar-refractivity contribution in [3.8, 4) is 29.0 Å². The Morgan fingerprint density at radius 3 is 2.75 bits per heavy atom. The maximum Gasteiger partial charge on any atom is 0.298 e. The molecule has 0 unspecified atom stereocenters. The zero-order chi connectivity index (χ0) is 25.2. The van der Waals surface area contributed by atoms with Crippen LogP contribution < -0.4 is 16.0 Å². The van der Waals surface area contributed by atoms with Crippen molar-refractivity contribution in [3.05, 3.63) is 76.5 Å². The van der Waals surface area contributed by atoms with Gasteiger partial charge in [-0.05, 0) is 67.6 Å². The zero-order valence-electron chi connectivity index (χ0n) is 19.6. The molecule has 2 aromatic heterocycles. The number of piperidine rings is 1. The highest BCUT2D eigenvalue weighted by atomic mass is 19.1. The average molecular weight is 486 g/mol. The van der Waals surface area contributed by atoms with Gasteiger partial charge in [0.25, 0.3) is 11.5 Å². The molecule has 0 saturated carbocycles. The van der Waals surface area contributed by atoms with Crippen LogP contribution in [0, 0.1) is 17.7 Å². The number of nitrogens with two attached hydrogens (primary N) is 1. The Balaban J connectivity index is 1.53. The van der Waals surface area contributed by atoms with Gasteiger partial charge in [-0.15, -0.1) is 0 Å². The van der Waals surface area contributed by atoms with Crippen LogP contribution in [0.1, 0.15) is 31.2 Å². The Morgan fingerprint density at radius 2 is 2.00 bits per heavy atom.